The molecular weight excluding hydrogens is 446 g/mol. The smallest absolute Gasteiger partial charge is 0.419 e. The summed E-state index contributed by atoms with van der Waals surface area (Å²) in [4.78, 5) is 28.6. The Morgan fingerprint density at radius 1 is 1.40 bits per heavy atom. The SMILES string of the molecule is O=C(O)c1csc(SCCN2C(=O)CC[C@@H]2CNc2cccc(C(F)(F)F)c2F)n1. The van der Waals surface area contributed by atoms with Crippen LogP contribution in [-0.2, 0) is 11.0 Å². The van der Waals surface area contributed by atoms with Crippen LogP contribution in [0.5, 0.6) is 0 Å². The fourth-order valence-electron chi connectivity index (χ4n) is 3.08. The number of halogens is 4. The molecule has 0 radical (unpaired) electrons. The highest BCUT2D eigenvalue weighted by molar-refractivity contribution is 8.01. The molecule has 0 spiro atoms. The Hall–Kier alpha value is -2.34. The number of carbonyl (C=O) groups excluding carboxylic acids is 1. The van der Waals surface area contributed by atoms with E-state index in [1.807, 2.05) is 0 Å². The number of benzene rings is 1. The van der Waals surface area contributed by atoms with E-state index in [9.17, 15) is 27.2 Å². The Morgan fingerprint density at radius 3 is 2.83 bits per heavy atom. The first-order valence-electron chi connectivity index (χ1n) is 8.87. The molecule has 1 saturated heterocycles. The van der Waals surface area contributed by atoms with Gasteiger partial charge < -0.3 is 15.3 Å². The largest absolute Gasteiger partial charge is 0.476 e. The predicted molar refractivity (Wildman–Crippen MR) is 104 cm³/mol. The highest BCUT2D eigenvalue weighted by Crippen LogP contribution is 2.34. The second kappa shape index (κ2) is 9.21. The summed E-state index contributed by atoms with van der Waals surface area (Å²) >= 11 is 2.51. The first kappa shape index (κ1) is 22.3. The molecule has 1 aliphatic heterocycles. The number of carboxylic acids is 1. The van der Waals surface area contributed by atoms with Gasteiger partial charge in [0.15, 0.2) is 15.9 Å². The summed E-state index contributed by atoms with van der Waals surface area (Å²) in [5.41, 5.74) is -1.64. The van der Waals surface area contributed by atoms with E-state index in [4.69, 9.17) is 5.11 Å². The van der Waals surface area contributed by atoms with Crippen LogP contribution >= 0.6 is 23.1 Å². The van der Waals surface area contributed by atoms with Crippen LogP contribution in [0, 0.1) is 5.82 Å². The predicted octanol–water partition coefficient (Wildman–Crippen LogP) is 4.19. The minimum atomic E-state index is -4.79. The van der Waals surface area contributed by atoms with Gasteiger partial charge in [0.25, 0.3) is 0 Å². The lowest BCUT2D eigenvalue weighted by Crippen LogP contribution is -2.39. The number of carbonyl (C=O) groups is 2. The van der Waals surface area contributed by atoms with Crippen molar-refractivity contribution >= 4 is 40.7 Å². The quantitative estimate of drug-likeness (QED) is 0.451. The van der Waals surface area contributed by atoms with Crippen molar-refractivity contribution in [2.75, 3.05) is 24.2 Å². The molecule has 1 aromatic heterocycles. The number of carboxylic acid groups (broad SMARTS) is 1. The lowest BCUT2D eigenvalue weighted by atomic mass is 10.1. The van der Waals surface area contributed by atoms with Crippen LogP contribution in [0.15, 0.2) is 27.9 Å². The number of thioether (sulfide) groups is 1. The first-order valence-corrected chi connectivity index (χ1v) is 10.7. The molecule has 1 aromatic carbocycles. The molecule has 2 aromatic rings. The van der Waals surface area contributed by atoms with Crippen molar-refractivity contribution in [3.63, 3.8) is 0 Å². The molecule has 3 rings (SSSR count). The number of likely N-dealkylation sites (tertiary alicyclic amines) is 1. The standard InChI is InChI=1S/C18H17F4N3O3S2/c19-15-11(18(20,21)22)2-1-3-12(15)23-8-10-4-5-14(26)25(10)6-7-29-17-24-13(9-30-17)16(27)28/h1-3,9-10,23H,4-8H2,(H,27,28)/t10-/m1/s1. The van der Waals surface area contributed by atoms with Crippen LogP contribution in [0.1, 0.15) is 28.9 Å². The van der Waals surface area contributed by atoms with E-state index >= 15 is 0 Å². The topological polar surface area (TPSA) is 82.5 Å². The van der Waals surface area contributed by atoms with Gasteiger partial charge in [0.1, 0.15) is 0 Å². The third kappa shape index (κ3) is 5.22. The van der Waals surface area contributed by atoms with Gasteiger partial charge >= 0.3 is 12.1 Å². The van der Waals surface area contributed by atoms with Crippen LogP contribution in [0.2, 0.25) is 0 Å². The van der Waals surface area contributed by atoms with Gasteiger partial charge in [-0.25, -0.2) is 14.2 Å². The number of alkyl halides is 3. The van der Waals surface area contributed by atoms with Crippen molar-refractivity contribution in [3.8, 4) is 0 Å². The van der Waals surface area contributed by atoms with Crippen molar-refractivity contribution in [2.45, 2.75) is 29.4 Å². The van der Waals surface area contributed by atoms with Gasteiger partial charge in [-0.15, -0.1) is 11.3 Å². The lowest BCUT2D eigenvalue weighted by molar-refractivity contribution is -0.139. The van der Waals surface area contributed by atoms with Crippen LogP contribution < -0.4 is 5.32 Å². The van der Waals surface area contributed by atoms with Crippen LogP contribution in [0.4, 0.5) is 23.2 Å². The summed E-state index contributed by atoms with van der Waals surface area (Å²) in [6.45, 7) is 0.484. The van der Waals surface area contributed by atoms with Crippen LogP contribution in [-0.4, -0.2) is 51.8 Å². The Balaban J connectivity index is 1.57. The van der Waals surface area contributed by atoms with Gasteiger partial charge in [0, 0.05) is 36.7 Å². The number of rotatable bonds is 8. The van der Waals surface area contributed by atoms with E-state index in [-0.39, 0.29) is 29.9 Å². The molecular formula is C18H17F4N3O3S2. The minimum absolute atomic E-state index is 0.0371. The zero-order valence-corrected chi connectivity index (χ0v) is 17.0. The summed E-state index contributed by atoms with van der Waals surface area (Å²) in [6, 6.07) is 2.75. The Kier molecular flexibility index (Phi) is 6.86. The fourth-order valence-corrected chi connectivity index (χ4v) is 4.89. The molecule has 0 bridgehead atoms. The van der Waals surface area contributed by atoms with Crippen molar-refractivity contribution in [3.05, 3.63) is 40.7 Å². The lowest BCUT2D eigenvalue weighted by Gasteiger charge is -2.25. The Labute approximate surface area is 177 Å². The monoisotopic (exact) mass is 463 g/mol. The van der Waals surface area contributed by atoms with E-state index in [2.05, 4.69) is 10.3 Å². The maximum Gasteiger partial charge on any atom is 0.419 e. The second-order valence-corrected chi connectivity index (χ2v) is 8.68. The number of hydrogen-bond acceptors (Lipinski definition) is 6. The number of nitrogens with one attached hydrogen (secondary N) is 1. The zero-order valence-electron chi connectivity index (χ0n) is 15.4. The molecule has 0 aliphatic carbocycles. The molecule has 0 saturated carbocycles. The third-order valence-corrected chi connectivity index (χ3v) is 6.55. The number of aromatic nitrogens is 1. The number of amides is 1. The average molecular weight is 463 g/mol. The molecule has 1 atom stereocenters. The first-order chi connectivity index (χ1) is 14.2. The molecule has 0 unspecified atom stereocenters. The van der Waals surface area contributed by atoms with E-state index in [1.54, 1.807) is 4.90 Å². The van der Waals surface area contributed by atoms with Crippen molar-refractivity contribution in [2.24, 2.45) is 0 Å². The van der Waals surface area contributed by atoms with Gasteiger partial charge in [-0.05, 0) is 18.6 Å². The molecule has 2 N–H and O–H groups in total. The molecule has 2 heterocycles. The summed E-state index contributed by atoms with van der Waals surface area (Å²) < 4.78 is 53.3. The number of anilines is 1. The zero-order chi connectivity index (χ0) is 21.9. The summed E-state index contributed by atoms with van der Waals surface area (Å²) in [5.74, 6) is -2.08. The number of nitrogens with zero attached hydrogens (tertiary/aromatic N) is 2. The Bertz CT molecular complexity index is 936. The molecule has 6 nitrogen and oxygen atoms in total. The van der Waals surface area contributed by atoms with Crippen molar-refractivity contribution in [1.29, 1.82) is 0 Å². The van der Waals surface area contributed by atoms with Gasteiger partial charge in [0.2, 0.25) is 5.91 Å². The number of aromatic carboxylic acids is 1. The van der Waals surface area contributed by atoms with Gasteiger partial charge in [-0.1, -0.05) is 17.8 Å². The molecule has 162 valence electrons. The van der Waals surface area contributed by atoms with E-state index in [0.29, 0.717) is 35.5 Å². The molecule has 1 aliphatic rings. The number of hydrogen-bond donors (Lipinski definition) is 2. The summed E-state index contributed by atoms with van der Waals surface area (Å²) in [7, 11) is 0. The summed E-state index contributed by atoms with van der Waals surface area (Å²) in [5, 5.41) is 13.0. The third-order valence-electron chi connectivity index (χ3n) is 4.54. The van der Waals surface area contributed by atoms with E-state index in [0.717, 1.165) is 6.07 Å². The van der Waals surface area contributed by atoms with Gasteiger partial charge in [-0.3, -0.25) is 4.79 Å². The second-order valence-electron chi connectivity index (χ2n) is 6.48. The van der Waals surface area contributed by atoms with Gasteiger partial charge in [0.05, 0.1) is 11.3 Å². The molecule has 12 heteroatoms. The van der Waals surface area contributed by atoms with E-state index < -0.39 is 23.5 Å². The van der Waals surface area contributed by atoms with E-state index in [1.165, 1.54) is 34.5 Å². The maximum atomic E-state index is 14.2. The minimum Gasteiger partial charge on any atom is -0.476 e. The molecule has 1 amide bonds. The van der Waals surface area contributed by atoms with Crippen LogP contribution in [0.3, 0.4) is 0 Å². The fraction of sp³-hybridized carbons (Fsp3) is 0.389. The summed E-state index contributed by atoms with van der Waals surface area (Å²) in [6.07, 6.45) is -3.97. The normalized spacial score (nSPS) is 16.9. The molecule has 1 fully saturated rings. The number of thiazole rings is 1. The highest BCUT2D eigenvalue weighted by Gasteiger charge is 2.35. The average Bonchev–Trinajstić information content (AvgIpc) is 3.28. The molecule has 30 heavy (non-hydrogen) atoms. The van der Waals surface area contributed by atoms with Crippen LogP contribution in [0.25, 0.3) is 0 Å². The van der Waals surface area contributed by atoms with Gasteiger partial charge in [-0.2, -0.15) is 13.2 Å². The highest BCUT2D eigenvalue weighted by atomic mass is 32.2. The maximum absolute atomic E-state index is 14.2. The van der Waals surface area contributed by atoms with Crippen molar-refractivity contribution in [1.82, 2.24) is 9.88 Å². The Morgan fingerprint density at radius 2 is 2.17 bits per heavy atom. The van der Waals surface area contributed by atoms with Crippen molar-refractivity contribution < 1.29 is 32.3 Å².